The number of benzene rings is 1. The van der Waals surface area contributed by atoms with Crippen LogP contribution in [0.2, 0.25) is 0 Å². The molecule has 0 unspecified atom stereocenters. The molecule has 0 aliphatic rings. The third-order valence-electron chi connectivity index (χ3n) is 2.08. The van der Waals surface area contributed by atoms with E-state index in [9.17, 15) is 0 Å². The normalized spacial score (nSPS) is 10.2. The Balaban J connectivity index is 2.79. The molecule has 0 atom stereocenters. The van der Waals surface area contributed by atoms with Gasteiger partial charge in [-0.05, 0) is 26.5 Å². The first kappa shape index (κ1) is 11.1. The molecule has 78 valence electrons. The summed E-state index contributed by atoms with van der Waals surface area (Å²) in [7, 11) is 0. The monoisotopic (exact) mass is 193 g/mol. The number of hydrogen-bond acceptors (Lipinski definition) is 2. The van der Waals surface area contributed by atoms with Crippen LogP contribution in [0.15, 0.2) is 18.2 Å². The van der Waals surface area contributed by atoms with E-state index in [1.807, 2.05) is 13.0 Å². The molecular weight excluding hydrogens is 174 g/mol. The molecule has 1 N–H and O–H groups in total. The fraction of sp³-hybridized carbons (Fsp3) is 0.500. The summed E-state index contributed by atoms with van der Waals surface area (Å²) >= 11 is 0. The van der Waals surface area contributed by atoms with E-state index < -0.39 is 0 Å². The summed E-state index contributed by atoms with van der Waals surface area (Å²) in [6, 6.07) is 6.31. The molecule has 1 rings (SSSR count). The quantitative estimate of drug-likeness (QED) is 0.775. The largest absolute Gasteiger partial charge is 0.494 e. The highest BCUT2D eigenvalue weighted by Gasteiger charge is 2.02. The maximum atomic E-state index is 5.55. The van der Waals surface area contributed by atoms with Gasteiger partial charge in [0.15, 0.2) is 0 Å². The fourth-order valence-electron chi connectivity index (χ4n) is 1.40. The summed E-state index contributed by atoms with van der Waals surface area (Å²) in [6.45, 7) is 8.81. The molecule has 2 nitrogen and oxygen atoms in total. The van der Waals surface area contributed by atoms with Gasteiger partial charge in [-0.2, -0.15) is 0 Å². The van der Waals surface area contributed by atoms with E-state index in [4.69, 9.17) is 4.74 Å². The van der Waals surface area contributed by atoms with Gasteiger partial charge in [0.2, 0.25) is 0 Å². The Bertz CT molecular complexity index is 284. The summed E-state index contributed by atoms with van der Waals surface area (Å²) in [5.74, 6) is 0.999. The molecule has 0 saturated carbocycles. The van der Waals surface area contributed by atoms with Crippen LogP contribution in [-0.4, -0.2) is 13.2 Å². The van der Waals surface area contributed by atoms with Crippen LogP contribution in [0.25, 0.3) is 0 Å². The molecule has 0 heterocycles. The van der Waals surface area contributed by atoms with Crippen LogP contribution in [0.4, 0.5) is 0 Å². The van der Waals surface area contributed by atoms with Crippen molar-refractivity contribution < 1.29 is 4.74 Å². The number of rotatable bonds is 5. The Hall–Kier alpha value is -1.02. The molecule has 0 amide bonds. The van der Waals surface area contributed by atoms with Crippen molar-refractivity contribution in [1.82, 2.24) is 5.32 Å². The van der Waals surface area contributed by atoms with Gasteiger partial charge < -0.3 is 10.1 Å². The molecule has 0 aliphatic heterocycles. The van der Waals surface area contributed by atoms with Crippen molar-refractivity contribution in [3.63, 3.8) is 0 Å². The lowest BCUT2D eigenvalue weighted by Gasteiger charge is -2.11. The first-order valence-corrected chi connectivity index (χ1v) is 5.21. The van der Waals surface area contributed by atoms with Gasteiger partial charge in [0, 0.05) is 12.1 Å². The minimum atomic E-state index is 0.724. The smallest absolute Gasteiger partial charge is 0.123 e. The van der Waals surface area contributed by atoms with Gasteiger partial charge in [-0.3, -0.25) is 0 Å². The lowest BCUT2D eigenvalue weighted by atomic mass is 10.1. The van der Waals surface area contributed by atoms with E-state index in [0.717, 1.165) is 25.4 Å². The van der Waals surface area contributed by atoms with Crippen molar-refractivity contribution in [3.05, 3.63) is 29.3 Å². The van der Waals surface area contributed by atoms with Gasteiger partial charge in [0.1, 0.15) is 5.75 Å². The number of ether oxygens (including phenoxy) is 1. The van der Waals surface area contributed by atoms with Gasteiger partial charge >= 0.3 is 0 Å². The minimum absolute atomic E-state index is 0.724. The highest BCUT2D eigenvalue weighted by atomic mass is 16.5. The molecule has 0 aliphatic carbocycles. The molecule has 14 heavy (non-hydrogen) atoms. The number of nitrogens with one attached hydrogen (secondary N) is 1. The molecule has 0 spiro atoms. The van der Waals surface area contributed by atoms with Gasteiger partial charge in [-0.25, -0.2) is 0 Å². The van der Waals surface area contributed by atoms with Crippen molar-refractivity contribution in [1.29, 1.82) is 0 Å². The second-order valence-electron chi connectivity index (χ2n) is 3.32. The maximum Gasteiger partial charge on any atom is 0.123 e. The summed E-state index contributed by atoms with van der Waals surface area (Å²) in [6.07, 6.45) is 0. The average Bonchev–Trinajstić information content (AvgIpc) is 2.18. The topological polar surface area (TPSA) is 21.3 Å². The lowest BCUT2D eigenvalue weighted by Crippen LogP contribution is -2.13. The second-order valence-corrected chi connectivity index (χ2v) is 3.32. The summed E-state index contributed by atoms with van der Waals surface area (Å²) in [5, 5.41) is 3.31. The van der Waals surface area contributed by atoms with Crippen LogP contribution in [-0.2, 0) is 6.54 Å². The highest BCUT2D eigenvalue weighted by molar-refractivity contribution is 5.36. The molecule has 0 radical (unpaired) electrons. The van der Waals surface area contributed by atoms with Crippen LogP contribution in [0, 0.1) is 6.92 Å². The van der Waals surface area contributed by atoms with Crippen LogP contribution in [0.5, 0.6) is 5.75 Å². The SMILES string of the molecule is CCNCc1cc(C)ccc1OCC. The highest BCUT2D eigenvalue weighted by Crippen LogP contribution is 2.19. The third-order valence-corrected chi connectivity index (χ3v) is 2.08. The van der Waals surface area contributed by atoms with Crippen LogP contribution < -0.4 is 10.1 Å². The molecule has 0 aromatic heterocycles. The number of aryl methyl sites for hydroxylation is 1. The zero-order valence-electron chi connectivity index (χ0n) is 9.26. The van der Waals surface area contributed by atoms with E-state index in [1.54, 1.807) is 0 Å². The molecule has 2 heteroatoms. The van der Waals surface area contributed by atoms with E-state index >= 15 is 0 Å². The van der Waals surface area contributed by atoms with E-state index in [2.05, 4.69) is 31.3 Å². The predicted octanol–water partition coefficient (Wildman–Crippen LogP) is 2.50. The molecule has 0 saturated heterocycles. The first-order valence-electron chi connectivity index (χ1n) is 5.21. The average molecular weight is 193 g/mol. The van der Waals surface area contributed by atoms with Crippen molar-refractivity contribution in [2.24, 2.45) is 0 Å². The van der Waals surface area contributed by atoms with Crippen molar-refractivity contribution in [3.8, 4) is 5.75 Å². The minimum Gasteiger partial charge on any atom is -0.494 e. The zero-order chi connectivity index (χ0) is 10.4. The van der Waals surface area contributed by atoms with Crippen molar-refractivity contribution in [2.75, 3.05) is 13.2 Å². The van der Waals surface area contributed by atoms with E-state index in [0.29, 0.717) is 0 Å². The Morgan fingerprint density at radius 1 is 1.29 bits per heavy atom. The van der Waals surface area contributed by atoms with Crippen LogP contribution >= 0.6 is 0 Å². The third kappa shape index (κ3) is 3.04. The van der Waals surface area contributed by atoms with Crippen LogP contribution in [0.1, 0.15) is 25.0 Å². The molecule has 0 fully saturated rings. The van der Waals surface area contributed by atoms with Gasteiger partial charge in [-0.15, -0.1) is 0 Å². The van der Waals surface area contributed by atoms with Gasteiger partial charge in [-0.1, -0.05) is 24.6 Å². The Kier molecular flexibility index (Phi) is 4.47. The maximum absolute atomic E-state index is 5.55. The summed E-state index contributed by atoms with van der Waals surface area (Å²) < 4.78 is 5.55. The Morgan fingerprint density at radius 2 is 2.07 bits per heavy atom. The number of hydrogen-bond donors (Lipinski definition) is 1. The summed E-state index contributed by atoms with van der Waals surface area (Å²) in [5.41, 5.74) is 2.52. The van der Waals surface area contributed by atoms with Gasteiger partial charge in [0.05, 0.1) is 6.61 Å². The lowest BCUT2D eigenvalue weighted by molar-refractivity contribution is 0.335. The van der Waals surface area contributed by atoms with Crippen molar-refractivity contribution >= 4 is 0 Å². The van der Waals surface area contributed by atoms with Crippen LogP contribution in [0.3, 0.4) is 0 Å². The summed E-state index contributed by atoms with van der Waals surface area (Å²) in [4.78, 5) is 0. The Labute approximate surface area is 86.3 Å². The first-order chi connectivity index (χ1) is 6.77. The molecule has 1 aromatic rings. The molecule has 1 aromatic carbocycles. The van der Waals surface area contributed by atoms with Gasteiger partial charge in [0.25, 0.3) is 0 Å². The van der Waals surface area contributed by atoms with Crippen molar-refractivity contribution in [2.45, 2.75) is 27.3 Å². The van der Waals surface area contributed by atoms with E-state index in [1.165, 1.54) is 11.1 Å². The Morgan fingerprint density at radius 3 is 2.71 bits per heavy atom. The predicted molar refractivity (Wildman–Crippen MR) is 59.7 cm³/mol. The zero-order valence-corrected chi connectivity index (χ0v) is 9.26. The van der Waals surface area contributed by atoms with E-state index in [-0.39, 0.29) is 0 Å². The fourth-order valence-corrected chi connectivity index (χ4v) is 1.40. The molecular formula is C12H19NO. The molecule has 0 bridgehead atoms. The second kappa shape index (κ2) is 5.66. The standard InChI is InChI=1S/C12H19NO/c1-4-13-9-11-8-10(3)6-7-12(11)14-5-2/h6-8,13H,4-5,9H2,1-3H3.